The van der Waals surface area contributed by atoms with Crippen molar-refractivity contribution in [2.24, 2.45) is 9.98 Å². The highest BCUT2D eigenvalue weighted by atomic mass is 16.2. The SMILES string of the molecule is C=CCN1C(=O)/C(=C/N=C)C(=Nc2ccc(N(C)CCCCN/C(=C/C)C3=C(CC)C(=O)N(C(C=O)CCC(=O)NC)C3)cc2)N1c1ccc2c(n1)C(C)CC2. The summed E-state index contributed by atoms with van der Waals surface area (Å²) >= 11 is 0. The molecule has 3 aliphatic rings. The number of allylic oxidation sites excluding steroid dienone is 1. The Hall–Kier alpha value is -5.85. The van der Waals surface area contributed by atoms with E-state index in [0.29, 0.717) is 47.4 Å². The van der Waals surface area contributed by atoms with E-state index in [4.69, 9.17) is 9.98 Å². The van der Waals surface area contributed by atoms with Crippen molar-refractivity contribution in [3.63, 3.8) is 0 Å². The molecule has 0 radical (unpaired) electrons. The van der Waals surface area contributed by atoms with Crippen LogP contribution in [0.25, 0.3) is 0 Å². The Bertz CT molecular complexity index is 1950. The van der Waals surface area contributed by atoms with Gasteiger partial charge in [0.15, 0.2) is 11.7 Å². The molecule has 2 N–H and O–H groups in total. The monoisotopic (exact) mass is 761 g/mol. The molecule has 2 aliphatic heterocycles. The van der Waals surface area contributed by atoms with Gasteiger partial charge >= 0.3 is 0 Å². The summed E-state index contributed by atoms with van der Waals surface area (Å²) in [6, 6.07) is 11.3. The van der Waals surface area contributed by atoms with Crippen LogP contribution >= 0.6 is 0 Å². The summed E-state index contributed by atoms with van der Waals surface area (Å²) in [5.41, 5.74) is 6.84. The highest BCUT2D eigenvalue weighted by Crippen LogP contribution is 2.36. The molecule has 2 unspecified atom stereocenters. The zero-order valence-corrected chi connectivity index (χ0v) is 33.4. The average molecular weight is 762 g/mol. The molecule has 13 nitrogen and oxygen atoms in total. The van der Waals surface area contributed by atoms with Crippen molar-refractivity contribution >= 4 is 53.8 Å². The van der Waals surface area contributed by atoms with Crippen molar-refractivity contribution < 1.29 is 19.2 Å². The molecular formula is C43H55N9O4. The Kier molecular flexibility index (Phi) is 14.1. The van der Waals surface area contributed by atoms with Gasteiger partial charge in [-0.05, 0) is 94.0 Å². The lowest BCUT2D eigenvalue weighted by atomic mass is 10.1. The number of carbonyl (C=O) groups is 4. The smallest absolute Gasteiger partial charge is 0.278 e. The molecule has 56 heavy (non-hydrogen) atoms. The van der Waals surface area contributed by atoms with Crippen LogP contribution in [0.15, 0.2) is 93.7 Å². The summed E-state index contributed by atoms with van der Waals surface area (Å²) in [5, 5.41) is 9.44. The number of hydrogen-bond acceptors (Lipinski definition) is 9. The number of aliphatic imine (C=N–C) groups is 2. The normalized spacial score (nSPS) is 18.9. The quantitative estimate of drug-likeness (QED) is 0.0625. The Morgan fingerprint density at radius 2 is 1.91 bits per heavy atom. The molecule has 1 saturated heterocycles. The number of amidine groups is 1. The minimum absolute atomic E-state index is 0.142. The lowest BCUT2D eigenvalue weighted by molar-refractivity contribution is -0.132. The third-order valence-corrected chi connectivity index (χ3v) is 10.6. The third-order valence-electron chi connectivity index (χ3n) is 10.6. The number of pyridine rings is 1. The fourth-order valence-electron chi connectivity index (χ4n) is 7.48. The first-order valence-corrected chi connectivity index (χ1v) is 19.5. The Morgan fingerprint density at radius 3 is 2.57 bits per heavy atom. The summed E-state index contributed by atoms with van der Waals surface area (Å²) in [6.45, 7) is 15.7. The zero-order valence-electron chi connectivity index (χ0n) is 33.4. The van der Waals surface area contributed by atoms with Crippen LogP contribution in [0.2, 0.25) is 0 Å². The molecule has 2 aromatic rings. The van der Waals surface area contributed by atoms with Crippen LogP contribution in [0.5, 0.6) is 0 Å². The molecule has 0 saturated carbocycles. The van der Waals surface area contributed by atoms with E-state index in [0.717, 1.165) is 67.7 Å². The third kappa shape index (κ3) is 8.98. The second-order valence-electron chi connectivity index (χ2n) is 14.2. The number of aldehydes is 1. The highest BCUT2D eigenvalue weighted by molar-refractivity contribution is 6.31. The summed E-state index contributed by atoms with van der Waals surface area (Å²) in [6.07, 6.45) is 10.8. The number of anilines is 2. The van der Waals surface area contributed by atoms with Crippen LogP contribution in [0, 0.1) is 0 Å². The van der Waals surface area contributed by atoms with Crippen molar-refractivity contribution in [2.45, 2.75) is 77.7 Å². The topological polar surface area (TPSA) is 143 Å². The van der Waals surface area contributed by atoms with Gasteiger partial charge in [-0.2, -0.15) is 0 Å². The summed E-state index contributed by atoms with van der Waals surface area (Å²) in [5.74, 6) is 0.838. The van der Waals surface area contributed by atoms with Gasteiger partial charge in [0.25, 0.3) is 11.8 Å². The Balaban J connectivity index is 1.21. The second-order valence-corrected chi connectivity index (χ2v) is 14.2. The number of aryl methyl sites for hydroxylation is 1. The molecular weight excluding hydrogens is 707 g/mol. The Morgan fingerprint density at radius 1 is 1.14 bits per heavy atom. The first-order valence-electron chi connectivity index (χ1n) is 19.5. The molecule has 0 bridgehead atoms. The molecule has 0 spiro atoms. The predicted octanol–water partition coefficient (Wildman–Crippen LogP) is 5.55. The number of carbonyl (C=O) groups excluding carboxylic acids is 4. The molecule has 5 rings (SSSR count). The van der Waals surface area contributed by atoms with Gasteiger partial charge in [0.2, 0.25) is 5.91 Å². The van der Waals surface area contributed by atoms with Crippen molar-refractivity contribution in [3.8, 4) is 0 Å². The lowest BCUT2D eigenvalue weighted by Gasteiger charge is -2.27. The molecule has 296 valence electrons. The number of nitrogens with zero attached hydrogens (tertiary/aromatic N) is 7. The van der Waals surface area contributed by atoms with E-state index >= 15 is 0 Å². The largest absolute Gasteiger partial charge is 0.385 e. The van der Waals surface area contributed by atoms with E-state index < -0.39 is 6.04 Å². The van der Waals surface area contributed by atoms with Crippen LogP contribution in [0.3, 0.4) is 0 Å². The van der Waals surface area contributed by atoms with Crippen LogP contribution in [0.4, 0.5) is 17.2 Å². The van der Waals surface area contributed by atoms with Gasteiger partial charge in [0.05, 0.1) is 18.3 Å². The number of nitrogens with one attached hydrogen (secondary N) is 2. The van der Waals surface area contributed by atoms with E-state index in [1.165, 1.54) is 11.8 Å². The van der Waals surface area contributed by atoms with E-state index in [1.54, 1.807) is 28.0 Å². The van der Waals surface area contributed by atoms with Crippen molar-refractivity contribution in [1.82, 2.24) is 25.5 Å². The molecule has 1 aromatic heterocycles. The van der Waals surface area contributed by atoms with E-state index in [2.05, 4.69) is 53.9 Å². The van der Waals surface area contributed by atoms with Gasteiger partial charge in [0.1, 0.15) is 11.9 Å². The van der Waals surface area contributed by atoms with Crippen LogP contribution in [-0.2, 0) is 25.6 Å². The van der Waals surface area contributed by atoms with Crippen molar-refractivity contribution in [1.29, 1.82) is 0 Å². The van der Waals surface area contributed by atoms with Gasteiger partial charge in [-0.3, -0.25) is 19.4 Å². The van der Waals surface area contributed by atoms with Crippen LogP contribution in [-0.4, -0.2) is 97.8 Å². The number of rotatable bonds is 19. The number of benzene rings is 1. The molecule has 2 atom stereocenters. The maximum Gasteiger partial charge on any atom is 0.278 e. The van der Waals surface area contributed by atoms with Crippen molar-refractivity contribution in [2.75, 3.05) is 50.2 Å². The summed E-state index contributed by atoms with van der Waals surface area (Å²) in [7, 11) is 3.61. The standard InChI is InChI=1S/C43H55N9O4/c1-8-24-51-43(56)35(26-44-5)41(52(51)38-21-15-30-14-13-29(4)40(30)48-38)47-31-16-18-32(19-17-31)49(7)25-12-11-23-46-37(10-3)36-27-50(42(55)34(36)9-2)33(28-53)20-22-39(54)45-6/h8,10,15-19,21,26,28-29,33,46H,1,5,9,11-14,20,22-25,27H2,2-4,6-7H3,(H,45,54)/b35-26+,37-10+,47-41?. The van der Waals surface area contributed by atoms with Gasteiger partial charge in [-0.1, -0.05) is 32.1 Å². The average Bonchev–Trinajstić information content (AvgIpc) is 3.83. The van der Waals surface area contributed by atoms with Gasteiger partial charge < -0.3 is 25.2 Å². The number of hydrazine groups is 1. The number of unbranched alkanes of at least 4 members (excludes halogenated alkanes) is 1. The number of hydrogen-bond donors (Lipinski definition) is 2. The summed E-state index contributed by atoms with van der Waals surface area (Å²) < 4.78 is 0. The first-order chi connectivity index (χ1) is 27.1. The maximum atomic E-state index is 13.6. The molecule has 13 heteroatoms. The Labute approximate surface area is 330 Å². The second kappa shape index (κ2) is 19.1. The molecule has 3 amide bonds. The minimum Gasteiger partial charge on any atom is -0.385 e. The highest BCUT2D eigenvalue weighted by Gasteiger charge is 2.41. The fourth-order valence-corrected chi connectivity index (χ4v) is 7.48. The molecule has 1 aliphatic carbocycles. The van der Waals surface area contributed by atoms with E-state index in [-0.39, 0.29) is 37.1 Å². The van der Waals surface area contributed by atoms with Crippen LogP contribution in [0.1, 0.15) is 76.5 Å². The first kappa shape index (κ1) is 41.3. The number of aromatic nitrogens is 1. The fraction of sp³-hybridized carbons (Fsp3) is 0.419. The molecule has 1 fully saturated rings. The molecule has 3 heterocycles. The number of fused-ring (bicyclic) bond motifs is 1. The van der Waals surface area contributed by atoms with Crippen molar-refractivity contribution in [3.05, 3.63) is 95.0 Å². The van der Waals surface area contributed by atoms with Gasteiger partial charge in [-0.25, -0.2) is 20.0 Å². The maximum absolute atomic E-state index is 13.6. The number of amides is 3. The van der Waals surface area contributed by atoms with Crippen LogP contribution < -0.4 is 20.5 Å². The predicted molar refractivity (Wildman–Crippen MR) is 223 cm³/mol. The summed E-state index contributed by atoms with van der Waals surface area (Å²) in [4.78, 5) is 68.3. The zero-order chi connectivity index (χ0) is 40.4. The molecule has 1 aromatic carbocycles. The van der Waals surface area contributed by atoms with E-state index in [1.807, 2.05) is 50.3 Å². The van der Waals surface area contributed by atoms with E-state index in [9.17, 15) is 19.2 Å². The minimum atomic E-state index is -0.650. The van der Waals surface area contributed by atoms with Gasteiger partial charge in [0, 0.05) is 74.6 Å². The van der Waals surface area contributed by atoms with Gasteiger partial charge in [-0.15, -0.1) is 6.58 Å². The lowest BCUT2D eigenvalue weighted by Crippen LogP contribution is -2.41.